The molecule has 1 aliphatic heterocycles. The monoisotopic (exact) mass is 198 g/mol. The molecule has 2 rings (SSSR count). The van der Waals surface area contributed by atoms with Crippen LogP contribution in [0.25, 0.3) is 0 Å². The zero-order chi connectivity index (χ0) is 9.80. The van der Waals surface area contributed by atoms with Gasteiger partial charge in [0.2, 0.25) is 11.7 Å². The first-order valence-electron chi connectivity index (χ1n) is 4.75. The molecule has 1 fully saturated rings. The summed E-state index contributed by atoms with van der Waals surface area (Å²) in [4.78, 5) is 4.20. The Bertz CT molecular complexity index is 283. The Kier molecular flexibility index (Phi) is 3.07. The average Bonchev–Trinajstić information content (AvgIpc) is 2.68. The van der Waals surface area contributed by atoms with Gasteiger partial charge in [-0.15, -0.1) is 0 Å². The van der Waals surface area contributed by atoms with Crippen LogP contribution in [-0.2, 0) is 11.2 Å². The highest BCUT2D eigenvalue weighted by atomic mass is 16.5. The third kappa shape index (κ3) is 2.09. The average molecular weight is 198 g/mol. The van der Waals surface area contributed by atoms with Gasteiger partial charge < -0.3 is 20.3 Å². The van der Waals surface area contributed by atoms with E-state index in [1.165, 1.54) is 0 Å². The number of nitrogens with one attached hydrogen (secondary N) is 1. The number of aromatic nitrogens is 2. The minimum Gasteiger partial charge on any atom is -0.367 e. The summed E-state index contributed by atoms with van der Waals surface area (Å²) >= 11 is 0. The topological polar surface area (TPSA) is 86.2 Å². The molecule has 0 aromatic carbocycles. The van der Waals surface area contributed by atoms with Gasteiger partial charge in [-0.2, -0.15) is 4.98 Å². The molecule has 1 aromatic rings. The van der Waals surface area contributed by atoms with Crippen LogP contribution in [0.3, 0.4) is 0 Å². The first kappa shape index (κ1) is 9.57. The zero-order valence-corrected chi connectivity index (χ0v) is 7.90. The highest BCUT2D eigenvalue weighted by molar-refractivity contribution is 4.93. The van der Waals surface area contributed by atoms with Crippen molar-refractivity contribution in [2.45, 2.75) is 12.5 Å². The summed E-state index contributed by atoms with van der Waals surface area (Å²) in [5, 5.41) is 7.06. The molecule has 1 unspecified atom stereocenters. The summed E-state index contributed by atoms with van der Waals surface area (Å²) in [6.07, 6.45) is 0.534. The van der Waals surface area contributed by atoms with E-state index < -0.39 is 0 Å². The maximum atomic E-state index is 5.48. The Morgan fingerprint density at radius 2 is 2.50 bits per heavy atom. The number of ether oxygens (including phenoxy) is 1. The Morgan fingerprint density at radius 1 is 1.57 bits per heavy atom. The van der Waals surface area contributed by atoms with Gasteiger partial charge in [-0.3, -0.25) is 0 Å². The van der Waals surface area contributed by atoms with Crippen LogP contribution in [0, 0.1) is 0 Å². The molecule has 6 heteroatoms. The minimum atomic E-state index is -0.0842. The van der Waals surface area contributed by atoms with Crippen LogP contribution < -0.4 is 11.1 Å². The van der Waals surface area contributed by atoms with Crippen molar-refractivity contribution in [3.8, 4) is 0 Å². The Morgan fingerprint density at radius 3 is 3.21 bits per heavy atom. The molecule has 1 saturated heterocycles. The molecule has 3 N–H and O–H groups in total. The number of nitrogens with two attached hydrogens (primary N) is 1. The van der Waals surface area contributed by atoms with Crippen LogP contribution in [0.15, 0.2) is 4.52 Å². The van der Waals surface area contributed by atoms with Gasteiger partial charge >= 0.3 is 0 Å². The standard InChI is InChI=1S/C8H14N4O2/c9-2-1-7-11-8(12-14-7)6-5-10-3-4-13-6/h6,10H,1-5,9H2. The van der Waals surface area contributed by atoms with Crippen molar-refractivity contribution in [2.75, 3.05) is 26.2 Å². The van der Waals surface area contributed by atoms with Gasteiger partial charge in [0.25, 0.3) is 0 Å². The third-order valence-corrected chi connectivity index (χ3v) is 2.06. The lowest BCUT2D eigenvalue weighted by molar-refractivity contribution is 0.0208. The molecule has 14 heavy (non-hydrogen) atoms. The summed E-state index contributed by atoms with van der Waals surface area (Å²) < 4.78 is 10.5. The van der Waals surface area contributed by atoms with Crippen LogP contribution in [0.1, 0.15) is 17.8 Å². The van der Waals surface area contributed by atoms with Crippen molar-refractivity contribution in [1.82, 2.24) is 15.5 Å². The molecule has 0 amide bonds. The number of morpholine rings is 1. The molecule has 1 aliphatic rings. The van der Waals surface area contributed by atoms with Gasteiger partial charge in [0.05, 0.1) is 6.61 Å². The second-order valence-electron chi connectivity index (χ2n) is 3.15. The van der Waals surface area contributed by atoms with Crippen LogP contribution in [0.4, 0.5) is 0 Å². The molecule has 1 aromatic heterocycles. The highest BCUT2D eigenvalue weighted by Crippen LogP contribution is 2.15. The van der Waals surface area contributed by atoms with Crippen LogP contribution in [0.2, 0.25) is 0 Å². The molecule has 0 bridgehead atoms. The lowest BCUT2D eigenvalue weighted by Crippen LogP contribution is -2.33. The number of hydrogen-bond acceptors (Lipinski definition) is 6. The van der Waals surface area contributed by atoms with Crippen LogP contribution in [-0.4, -0.2) is 36.4 Å². The van der Waals surface area contributed by atoms with E-state index in [0.29, 0.717) is 31.3 Å². The molecule has 0 radical (unpaired) electrons. The van der Waals surface area contributed by atoms with Gasteiger partial charge in [0.1, 0.15) is 6.10 Å². The fourth-order valence-corrected chi connectivity index (χ4v) is 1.36. The lowest BCUT2D eigenvalue weighted by Gasteiger charge is -2.20. The predicted octanol–water partition coefficient (Wildman–Crippen LogP) is -0.768. The first-order chi connectivity index (χ1) is 6.90. The van der Waals surface area contributed by atoms with Crippen molar-refractivity contribution < 1.29 is 9.26 Å². The quantitative estimate of drug-likeness (QED) is 0.663. The van der Waals surface area contributed by atoms with Gasteiger partial charge in [0.15, 0.2) is 0 Å². The first-order valence-corrected chi connectivity index (χ1v) is 4.75. The van der Waals surface area contributed by atoms with Crippen molar-refractivity contribution in [1.29, 1.82) is 0 Å². The molecule has 6 nitrogen and oxygen atoms in total. The maximum Gasteiger partial charge on any atom is 0.228 e. The second-order valence-corrected chi connectivity index (χ2v) is 3.15. The Hall–Kier alpha value is -0.980. The van der Waals surface area contributed by atoms with Crippen molar-refractivity contribution in [3.05, 3.63) is 11.7 Å². The summed E-state index contributed by atoms with van der Waals surface area (Å²) in [6, 6.07) is 0. The maximum absolute atomic E-state index is 5.48. The zero-order valence-electron chi connectivity index (χ0n) is 7.90. The van der Waals surface area contributed by atoms with Gasteiger partial charge in [-0.25, -0.2) is 0 Å². The largest absolute Gasteiger partial charge is 0.367 e. The summed E-state index contributed by atoms with van der Waals surface area (Å²) in [5.41, 5.74) is 5.38. The van der Waals surface area contributed by atoms with Crippen molar-refractivity contribution in [2.24, 2.45) is 5.73 Å². The van der Waals surface area contributed by atoms with E-state index in [4.69, 9.17) is 15.0 Å². The summed E-state index contributed by atoms with van der Waals surface area (Å²) in [5.74, 6) is 1.19. The highest BCUT2D eigenvalue weighted by Gasteiger charge is 2.20. The Labute approximate surface area is 81.8 Å². The van der Waals surface area contributed by atoms with Gasteiger partial charge in [0, 0.05) is 26.1 Å². The van der Waals surface area contributed by atoms with Crippen LogP contribution >= 0.6 is 0 Å². The Balaban J connectivity index is 2.00. The molecule has 78 valence electrons. The van der Waals surface area contributed by atoms with E-state index in [2.05, 4.69) is 15.5 Å². The lowest BCUT2D eigenvalue weighted by atomic mass is 10.3. The second kappa shape index (κ2) is 4.50. The number of nitrogens with zero attached hydrogens (tertiary/aromatic N) is 2. The van der Waals surface area contributed by atoms with E-state index in [0.717, 1.165) is 13.1 Å². The normalized spacial score (nSPS) is 22.5. The molecule has 0 aliphatic carbocycles. The van der Waals surface area contributed by atoms with Crippen molar-refractivity contribution in [3.63, 3.8) is 0 Å². The smallest absolute Gasteiger partial charge is 0.228 e. The molecule has 0 saturated carbocycles. The summed E-state index contributed by atoms with van der Waals surface area (Å²) in [6.45, 7) is 2.82. The van der Waals surface area contributed by atoms with Crippen molar-refractivity contribution >= 4 is 0 Å². The fourth-order valence-electron chi connectivity index (χ4n) is 1.36. The molecule has 1 atom stereocenters. The minimum absolute atomic E-state index is 0.0842. The van der Waals surface area contributed by atoms with E-state index in [-0.39, 0.29) is 6.10 Å². The molecular formula is C8H14N4O2. The van der Waals surface area contributed by atoms with Gasteiger partial charge in [-0.1, -0.05) is 5.16 Å². The van der Waals surface area contributed by atoms with E-state index in [1.807, 2.05) is 0 Å². The fraction of sp³-hybridized carbons (Fsp3) is 0.750. The third-order valence-electron chi connectivity index (χ3n) is 2.06. The van der Waals surface area contributed by atoms with E-state index in [9.17, 15) is 0 Å². The van der Waals surface area contributed by atoms with Crippen LogP contribution in [0.5, 0.6) is 0 Å². The summed E-state index contributed by atoms with van der Waals surface area (Å²) in [7, 11) is 0. The predicted molar refractivity (Wildman–Crippen MR) is 48.6 cm³/mol. The van der Waals surface area contributed by atoms with E-state index in [1.54, 1.807) is 0 Å². The number of hydrogen-bond donors (Lipinski definition) is 2. The SMILES string of the molecule is NCCc1nc(C2CNCCO2)no1. The molecule has 0 spiro atoms. The van der Waals surface area contributed by atoms with Gasteiger partial charge in [-0.05, 0) is 0 Å². The van der Waals surface area contributed by atoms with E-state index >= 15 is 0 Å². The number of rotatable bonds is 3. The molecule has 2 heterocycles. The molecular weight excluding hydrogens is 184 g/mol.